The van der Waals surface area contributed by atoms with Crippen molar-refractivity contribution in [1.82, 2.24) is 5.32 Å². The van der Waals surface area contributed by atoms with E-state index >= 15 is 0 Å². The highest BCUT2D eigenvalue weighted by Crippen LogP contribution is 1.71. The van der Waals surface area contributed by atoms with Gasteiger partial charge in [-0.05, 0) is 6.92 Å². The van der Waals surface area contributed by atoms with Gasteiger partial charge in [-0.1, -0.05) is 0 Å². The molecular weight excluding hydrogens is 104 g/mol. The molecule has 0 fully saturated rings. The van der Waals surface area contributed by atoms with E-state index in [-0.39, 0.29) is 12.3 Å². The predicted octanol–water partition coefficient (Wildman–Crippen LogP) is -0.150. The van der Waals surface area contributed by atoms with Crippen molar-refractivity contribution in [2.75, 3.05) is 6.54 Å². The maximum Gasteiger partial charge on any atom is 0.234 e. The van der Waals surface area contributed by atoms with Crippen molar-refractivity contribution >= 4 is 5.91 Å². The first-order valence-corrected chi connectivity index (χ1v) is 2.24. The molecule has 0 aromatic carbocycles. The van der Waals surface area contributed by atoms with Gasteiger partial charge in [0.25, 0.3) is 0 Å². The molecule has 3 nitrogen and oxygen atoms in total. The maximum atomic E-state index is 10.3. The van der Waals surface area contributed by atoms with E-state index in [1.165, 1.54) is 0 Å². The first-order valence-electron chi connectivity index (χ1n) is 2.24. The fourth-order valence-electron chi connectivity index (χ4n) is 0.274. The summed E-state index contributed by atoms with van der Waals surface area (Å²) >= 11 is 0. The van der Waals surface area contributed by atoms with Crippen LogP contribution in [-0.4, -0.2) is 12.5 Å². The van der Waals surface area contributed by atoms with Crippen LogP contribution in [0.3, 0.4) is 0 Å². The largest absolute Gasteiger partial charge is 0.355 e. The molecule has 0 unspecified atom stereocenters. The summed E-state index contributed by atoms with van der Waals surface area (Å²) in [6.07, 6.45) is -0.0739. The Morgan fingerprint density at radius 1 is 1.88 bits per heavy atom. The van der Waals surface area contributed by atoms with E-state index in [9.17, 15) is 4.79 Å². The second-order valence-electron chi connectivity index (χ2n) is 1.18. The Labute approximate surface area is 48.3 Å². The lowest BCUT2D eigenvalue weighted by Crippen LogP contribution is -2.21. The SMILES string of the molecule is [CH2]CNC(=O)CC#N. The number of hydrogen-bond acceptors (Lipinski definition) is 2. The first kappa shape index (κ1) is 6.96. The van der Waals surface area contributed by atoms with Crippen LogP contribution in [0.15, 0.2) is 0 Å². The Balaban J connectivity index is 3.23. The standard InChI is InChI=1S/C5H7N2O/c1-2-7-5(8)3-4-6/h1-3H2,(H,7,8). The molecule has 0 aliphatic heterocycles. The lowest BCUT2D eigenvalue weighted by molar-refractivity contribution is -0.119. The lowest BCUT2D eigenvalue weighted by Gasteiger charge is -1.92. The molecule has 0 saturated heterocycles. The molecule has 1 radical (unpaired) electrons. The van der Waals surface area contributed by atoms with Crippen LogP contribution >= 0.6 is 0 Å². The molecule has 43 valence electrons. The molecule has 0 heterocycles. The van der Waals surface area contributed by atoms with Crippen LogP contribution in [0.25, 0.3) is 0 Å². The van der Waals surface area contributed by atoms with E-state index < -0.39 is 0 Å². The van der Waals surface area contributed by atoms with Crippen molar-refractivity contribution in [1.29, 1.82) is 5.26 Å². The molecule has 0 saturated carbocycles. The van der Waals surface area contributed by atoms with E-state index in [0.29, 0.717) is 6.54 Å². The highest BCUT2D eigenvalue weighted by Gasteiger charge is 1.93. The quantitative estimate of drug-likeness (QED) is 0.538. The summed E-state index contributed by atoms with van der Waals surface area (Å²) in [6, 6.07) is 1.71. The molecule has 0 aromatic rings. The molecule has 0 aromatic heterocycles. The Morgan fingerprint density at radius 2 is 2.50 bits per heavy atom. The topological polar surface area (TPSA) is 52.9 Å². The number of rotatable bonds is 2. The first-order chi connectivity index (χ1) is 3.81. The number of nitrogens with zero attached hydrogens (tertiary/aromatic N) is 1. The fraction of sp³-hybridized carbons (Fsp3) is 0.400. The molecule has 0 aliphatic carbocycles. The van der Waals surface area contributed by atoms with E-state index in [1.54, 1.807) is 6.07 Å². The van der Waals surface area contributed by atoms with Gasteiger partial charge in [0.2, 0.25) is 5.91 Å². The molecule has 3 heteroatoms. The Morgan fingerprint density at radius 3 is 2.88 bits per heavy atom. The van der Waals surface area contributed by atoms with Crippen LogP contribution in [0.1, 0.15) is 6.42 Å². The molecule has 0 spiro atoms. The minimum atomic E-state index is -0.262. The number of carbonyl (C=O) groups excluding carboxylic acids is 1. The Hall–Kier alpha value is -1.04. The zero-order valence-corrected chi connectivity index (χ0v) is 4.48. The summed E-state index contributed by atoms with van der Waals surface area (Å²) < 4.78 is 0. The second kappa shape index (κ2) is 4.13. The third-order valence-electron chi connectivity index (χ3n) is 0.562. The lowest BCUT2D eigenvalue weighted by atomic mass is 10.4. The van der Waals surface area contributed by atoms with Crippen LogP contribution in [0, 0.1) is 18.3 Å². The van der Waals surface area contributed by atoms with Gasteiger partial charge in [0, 0.05) is 6.54 Å². The van der Waals surface area contributed by atoms with Crippen molar-refractivity contribution in [3.8, 4) is 6.07 Å². The fourth-order valence-corrected chi connectivity index (χ4v) is 0.274. The summed E-state index contributed by atoms with van der Waals surface area (Å²) in [7, 11) is 0. The Bertz CT molecular complexity index is 114. The molecule has 1 amide bonds. The number of nitrogens with one attached hydrogen (secondary N) is 1. The van der Waals surface area contributed by atoms with E-state index in [4.69, 9.17) is 5.26 Å². The van der Waals surface area contributed by atoms with E-state index in [1.807, 2.05) is 0 Å². The summed E-state index contributed by atoms with van der Waals surface area (Å²) in [5.41, 5.74) is 0. The van der Waals surface area contributed by atoms with Crippen LogP contribution in [0.2, 0.25) is 0 Å². The van der Waals surface area contributed by atoms with Crippen molar-refractivity contribution in [3.05, 3.63) is 6.92 Å². The number of amides is 1. The second-order valence-corrected chi connectivity index (χ2v) is 1.18. The van der Waals surface area contributed by atoms with Gasteiger partial charge >= 0.3 is 0 Å². The van der Waals surface area contributed by atoms with Gasteiger partial charge in [-0.2, -0.15) is 5.26 Å². The van der Waals surface area contributed by atoms with Crippen molar-refractivity contribution in [2.45, 2.75) is 6.42 Å². The number of nitriles is 1. The molecule has 0 rings (SSSR count). The normalized spacial score (nSPS) is 7.50. The minimum Gasteiger partial charge on any atom is -0.355 e. The molecule has 8 heavy (non-hydrogen) atoms. The average molecular weight is 111 g/mol. The highest BCUT2D eigenvalue weighted by atomic mass is 16.1. The monoisotopic (exact) mass is 111 g/mol. The van der Waals surface area contributed by atoms with Gasteiger partial charge in [0.1, 0.15) is 6.42 Å². The summed E-state index contributed by atoms with van der Waals surface area (Å²) in [4.78, 5) is 10.3. The third kappa shape index (κ3) is 3.16. The number of carbonyl (C=O) groups is 1. The van der Waals surface area contributed by atoms with Crippen LogP contribution in [-0.2, 0) is 4.79 Å². The predicted molar refractivity (Wildman–Crippen MR) is 28.6 cm³/mol. The molecule has 0 atom stereocenters. The number of hydrogen-bond donors (Lipinski definition) is 1. The van der Waals surface area contributed by atoms with Crippen molar-refractivity contribution in [2.24, 2.45) is 0 Å². The molecule has 0 bridgehead atoms. The van der Waals surface area contributed by atoms with Gasteiger partial charge in [-0.15, -0.1) is 0 Å². The van der Waals surface area contributed by atoms with Crippen LogP contribution in [0.4, 0.5) is 0 Å². The average Bonchev–Trinajstić information content (AvgIpc) is 1.68. The highest BCUT2D eigenvalue weighted by molar-refractivity contribution is 5.77. The van der Waals surface area contributed by atoms with Crippen LogP contribution in [0.5, 0.6) is 0 Å². The van der Waals surface area contributed by atoms with Gasteiger partial charge in [-0.25, -0.2) is 0 Å². The van der Waals surface area contributed by atoms with Gasteiger partial charge < -0.3 is 5.32 Å². The molecular formula is C5H7N2O. The maximum absolute atomic E-state index is 10.3. The van der Waals surface area contributed by atoms with Crippen molar-refractivity contribution < 1.29 is 4.79 Å². The van der Waals surface area contributed by atoms with Gasteiger partial charge in [0.15, 0.2) is 0 Å². The summed E-state index contributed by atoms with van der Waals surface area (Å²) in [5.74, 6) is -0.262. The minimum absolute atomic E-state index is 0.0739. The van der Waals surface area contributed by atoms with E-state index in [0.717, 1.165) is 0 Å². The Kier molecular flexibility index (Phi) is 3.59. The zero-order valence-electron chi connectivity index (χ0n) is 4.48. The van der Waals surface area contributed by atoms with E-state index in [2.05, 4.69) is 12.2 Å². The molecule has 1 N–H and O–H groups in total. The third-order valence-corrected chi connectivity index (χ3v) is 0.562. The van der Waals surface area contributed by atoms with Crippen LogP contribution < -0.4 is 5.32 Å². The van der Waals surface area contributed by atoms with Gasteiger partial charge in [-0.3, -0.25) is 4.79 Å². The van der Waals surface area contributed by atoms with Crippen molar-refractivity contribution in [3.63, 3.8) is 0 Å². The summed E-state index contributed by atoms with van der Waals surface area (Å²) in [6.45, 7) is 3.71. The summed E-state index contributed by atoms with van der Waals surface area (Å²) in [5, 5.41) is 10.3. The van der Waals surface area contributed by atoms with Gasteiger partial charge in [0.05, 0.1) is 6.07 Å². The molecule has 0 aliphatic rings. The smallest absolute Gasteiger partial charge is 0.234 e. The zero-order chi connectivity index (χ0) is 6.41.